The molecule has 0 atom stereocenters. The van der Waals surface area contributed by atoms with Crippen LogP contribution < -0.4 is 5.32 Å². The second-order valence-electron chi connectivity index (χ2n) is 6.05. The number of aliphatic carboxylic acids is 1. The Labute approximate surface area is 139 Å². The Balaban J connectivity index is 1.68. The van der Waals surface area contributed by atoms with Gasteiger partial charge in [-0.2, -0.15) is 0 Å². The van der Waals surface area contributed by atoms with E-state index in [-0.39, 0.29) is 24.4 Å². The van der Waals surface area contributed by atoms with E-state index in [1.165, 1.54) is 0 Å². The molecule has 1 aromatic heterocycles. The highest BCUT2D eigenvalue weighted by atomic mass is 16.4. The summed E-state index contributed by atoms with van der Waals surface area (Å²) >= 11 is 0. The van der Waals surface area contributed by atoms with Crippen LogP contribution in [0, 0.1) is 17.3 Å². The molecule has 2 N–H and O–H groups in total. The van der Waals surface area contributed by atoms with E-state index in [9.17, 15) is 9.59 Å². The maximum atomic E-state index is 12.4. The summed E-state index contributed by atoms with van der Waals surface area (Å²) in [5.74, 6) is 5.41. The third-order valence-electron chi connectivity index (χ3n) is 4.05. The number of rotatable bonds is 5. The number of carboxylic acid groups (broad SMARTS) is 1. The van der Waals surface area contributed by atoms with Crippen molar-refractivity contribution in [2.24, 2.45) is 5.41 Å². The first-order valence-electron chi connectivity index (χ1n) is 7.69. The van der Waals surface area contributed by atoms with Gasteiger partial charge in [0, 0.05) is 30.5 Å². The van der Waals surface area contributed by atoms with Crippen molar-refractivity contribution in [3.05, 3.63) is 59.5 Å². The van der Waals surface area contributed by atoms with Gasteiger partial charge >= 0.3 is 5.97 Å². The van der Waals surface area contributed by atoms with Crippen molar-refractivity contribution in [2.75, 3.05) is 13.1 Å². The van der Waals surface area contributed by atoms with Gasteiger partial charge in [-0.15, -0.1) is 0 Å². The van der Waals surface area contributed by atoms with Gasteiger partial charge in [0.15, 0.2) is 17.3 Å². The molecule has 0 amide bonds. The van der Waals surface area contributed by atoms with Crippen molar-refractivity contribution in [1.82, 2.24) is 5.32 Å². The molecular weight excluding hydrogens is 306 g/mol. The van der Waals surface area contributed by atoms with Crippen LogP contribution in [-0.4, -0.2) is 29.9 Å². The summed E-state index contributed by atoms with van der Waals surface area (Å²) in [6.07, 6.45) is 0.137. The maximum absolute atomic E-state index is 12.4. The van der Waals surface area contributed by atoms with Crippen molar-refractivity contribution in [2.45, 2.75) is 12.8 Å². The molecule has 5 heteroatoms. The Morgan fingerprint density at radius 3 is 2.46 bits per heavy atom. The van der Waals surface area contributed by atoms with Crippen molar-refractivity contribution in [1.29, 1.82) is 0 Å². The number of carboxylic acids is 1. The topological polar surface area (TPSA) is 79.5 Å². The molecule has 3 rings (SSSR count). The molecule has 0 spiro atoms. The van der Waals surface area contributed by atoms with Crippen LogP contribution in [0.2, 0.25) is 0 Å². The van der Waals surface area contributed by atoms with Gasteiger partial charge in [0.1, 0.15) is 0 Å². The molecule has 1 saturated heterocycles. The molecule has 2 heterocycles. The summed E-state index contributed by atoms with van der Waals surface area (Å²) < 4.78 is 5.50. The Hall–Kier alpha value is -2.84. The lowest BCUT2D eigenvalue weighted by Crippen LogP contribution is -2.55. The van der Waals surface area contributed by atoms with Crippen LogP contribution in [0.3, 0.4) is 0 Å². The molecule has 5 nitrogen and oxygen atoms in total. The predicted molar refractivity (Wildman–Crippen MR) is 87.6 cm³/mol. The van der Waals surface area contributed by atoms with E-state index in [1.807, 2.05) is 30.3 Å². The van der Waals surface area contributed by atoms with Crippen LogP contribution in [0.1, 0.15) is 34.7 Å². The quantitative estimate of drug-likeness (QED) is 0.652. The number of carbonyl (C=O) groups is 2. The lowest BCUT2D eigenvalue weighted by molar-refractivity contribution is -0.140. The van der Waals surface area contributed by atoms with E-state index in [0.717, 1.165) is 5.56 Å². The molecule has 1 aliphatic heterocycles. The summed E-state index contributed by atoms with van der Waals surface area (Å²) in [6, 6.07) is 12.7. The van der Waals surface area contributed by atoms with E-state index in [0.29, 0.717) is 18.8 Å². The van der Waals surface area contributed by atoms with E-state index >= 15 is 0 Å². The van der Waals surface area contributed by atoms with Gasteiger partial charge < -0.3 is 14.8 Å². The summed E-state index contributed by atoms with van der Waals surface area (Å²) in [7, 11) is 0. The van der Waals surface area contributed by atoms with Crippen molar-refractivity contribution < 1.29 is 19.1 Å². The Kier molecular flexibility index (Phi) is 4.50. The van der Waals surface area contributed by atoms with Crippen LogP contribution >= 0.6 is 0 Å². The number of hydrogen-bond donors (Lipinski definition) is 2. The first kappa shape index (κ1) is 16.0. The molecule has 24 heavy (non-hydrogen) atoms. The fourth-order valence-electron chi connectivity index (χ4n) is 2.75. The highest BCUT2D eigenvalue weighted by Gasteiger charge is 2.41. The zero-order chi connectivity index (χ0) is 17.0. The van der Waals surface area contributed by atoms with Crippen LogP contribution in [0.4, 0.5) is 0 Å². The predicted octanol–water partition coefficient (Wildman–Crippen LogP) is 2.32. The Bertz CT molecular complexity index is 807. The molecule has 0 radical (unpaired) electrons. The number of nitrogens with one attached hydrogen (secondary N) is 1. The standard InChI is InChI=1S/C19H17NO4/c21-16(10-19(11-18(22)23)12-20-13-19)17-9-8-15(24-17)7-6-14-4-2-1-3-5-14/h1-5,8-9,20H,10-13H2,(H,22,23). The lowest BCUT2D eigenvalue weighted by atomic mass is 9.74. The number of carbonyl (C=O) groups excluding carboxylic acids is 1. The molecule has 0 bridgehead atoms. The first-order chi connectivity index (χ1) is 11.6. The molecule has 1 fully saturated rings. The van der Waals surface area contributed by atoms with Crippen LogP contribution in [0.25, 0.3) is 0 Å². The fourth-order valence-corrected chi connectivity index (χ4v) is 2.75. The molecule has 0 saturated carbocycles. The van der Waals surface area contributed by atoms with Crippen molar-refractivity contribution >= 4 is 11.8 Å². The smallest absolute Gasteiger partial charge is 0.304 e. The van der Waals surface area contributed by atoms with Crippen molar-refractivity contribution in [3.8, 4) is 11.8 Å². The monoisotopic (exact) mass is 323 g/mol. The lowest BCUT2D eigenvalue weighted by Gasteiger charge is -2.41. The molecule has 2 aromatic rings. The average molecular weight is 323 g/mol. The minimum absolute atomic E-state index is 0.0207. The summed E-state index contributed by atoms with van der Waals surface area (Å²) in [5, 5.41) is 12.0. The van der Waals surface area contributed by atoms with Crippen molar-refractivity contribution in [3.63, 3.8) is 0 Å². The minimum atomic E-state index is -0.891. The third kappa shape index (κ3) is 3.73. The summed E-state index contributed by atoms with van der Waals surface area (Å²) in [5.41, 5.74) is 0.355. The van der Waals surface area contributed by atoms with Gasteiger partial charge in [0.25, 0.3) is 0 Å². The van der Waals surface area contributed by atoms with Crippen LogP contribution in [-0.2, 0) is 4.79 Å². The highest BCUT2D eigenvalue weighted by molar-refractivity contribution is 5.94. The van der Waals surface area contributed by atoms with Gasteiger partial charge in [0.05, 0.1) is 6.42 Å². The zero-order valence-corrected chi connectivity index (χ0v) is 13.0. The molecule has 1 aromatic carbocycles. The van der Waals surface area contributed by atoms with E-state index < -0.39 is 11.4 Å². The van der Waals surface area contributed by atoms with Crippen LogP contribution in [0.5, 0.6) is 0 Å². The summed E-state index contributed by atoms with van der Waals surface area (Å²) in [4.78, 5) is 23.3. The largest absolute Gasteiger partial charge is 0.481 e. The molecule has 0 aliphatic carbocycles. The maximum Gasteiger partial charge on any atom is 0.304 e. The number of furan rings is 1. The number of ketones is 1. The number of benzene rings is 1. The highest BCUT2D eigenvalue weighted by Crippen LogP contribution is 2.32. The zero-order valence-electron chi connectivity index (χ0n) is 13.0. The molecule has 1 aliphatic rings. The third-order valence-corrected chi connectivity index (χ3v) is 4.05. The van der Waals surface area contributed by atoms with Gasteiger partial charge in [-0.1, -0.05) is 24.1 Å². The average Bonchev–Trinajstić information content (AvgIpc) is 3.00. The summed E-state index contributed by atoms with van der Waals surface area (Å²) in [6.45, 7) is 1.07. The normalized spacial score (nSPS) is 15.0. The Morgan fingerprint density at radius 1 is 1.08 bits per heavy atom. The van der Waals surface area contributed by atoms with Crippen LogP contribution in [0.15, 0.2) is 46.9 Å². The van der Waals surface area contributed by atoms with Gasteiger partial charge in [-0.05, 0) is 30.2 Å². The second-order valence-corrected chi connectivity index (χ2v) is 6.05. The molecule has 0 unspecified atom stereocenters. The number of Topliss-reactive ketones (excluding diaryl/α,β-unsaturated/α-hetero) is 1. The SMILES string of the molecule is O=C(O)CC1(CC(=O)c2ccc(C#Cc3ccccc3)o2)CNC1. The fraction of sp³-hybridized carbons (Fsp3) is 0.263. The number of hydrogen-bond acceptors (Lipinski definition) is 4. The van der Waals surface area contributed by atoms with Gasteiger partial charge in [-0.25, -0.2) is 0 Å². The van der Waals surface area contributed by atoms with E-state index in [4.69, 9.17) is 9.52 Å². The van der Waals surface area contributed by atoms with Gasteiger partial charge in [0.2, 0.25) is 0 Å². The molecule has 122 valence electrons. The van der Waals surface area contributed by atoms with E-state index in [1.54, 1.807) is 12.1 Å². The van der Waals surface area contributed by atoms with E-state index in [2.05, 4.69) is 17.2 Å². The molecular formula is C19H17NO4. The first-order valence-corrected chi connectivity index (χ1v) is 7.69. The Morgan fingerprint density at radius 2 is 1.83 bits per heavy atom. The minimum Gasteiger partial charge on any atom is -0.481 e. The second kappa shape index (κ2) is 6.73. The van der Waals surface area contributed by atoms with Gasteiger partial charge in [-0.3, -0.25) is 9.59 Å².